The van der Waals surface area contributed by atoms with Gasteiger partial charge < -0.3 is 20.4 Å². The molecule has 194 valence electrons. The normalized spacial score (nSPS) is 23.6. The summed E-state index contributed by atoms with van der Waals surface area (Å²) in [6.07, 6.45) is 8.16. The first-order valence-corrected chi connectivity index (χ1v) is 14.0. The Kier molecular flexibility index (Phi) is 7.60. The third kappa shape index (κ3) is 5.74. The van der Waals surface area contributed by atoms with E-state index in [1.54, 1.807) is 12.1 Å². The van der Waals surface area contributed by atoms with Crippen LogP contribution in [0.15, 0.2) is 30.3 Å². The first-order valence-electron chi connectivity index (χ1n) is 13.6. The Morgan fingerprint density at radius 1 is 0.972 bits per heavy atom. The fourth-order valence-electron chi connectivity index (χ4n) is 6.42. The SMILES string of the molecule is C[C@H]1C[C@H](C)CN(c2cc(N3CCCC3)nc(NC(=S)NCC3(c4ccc(F)cc4)CCCC3)n2)C1. The summed E-state index contributed by atoms with van der Waals surface area (Å²) in [6, 6.07) is 9.13. The number of thiocarbonyl (C=S) groups is 1. The maximum Gasteiger partial charge on any atom is 0.232 e. The van der Waals surface area contributed by atoms with Gasteiger partial charge in [-0.05, 0) is 73.9 Å². The Morgan fingerprint density at radius 3 is 2.22 bits per heavy atom. The van der Waals surface area contributed by atoms with Crippen molar-refractivity contribution in [2.24, 2.45) is 11.8 Å². The van der Waals surface area contributed by atoms with Crippen LogP contribution in [0, 0.1) is 17.7 Å². The highest BCUT2D eigenvalue weighted by Gasteiger charge is 2.35. The number of rotatable bonds is 6. The summed E-state index contributed by atoms with van der Waals surface area (Å²) in [6.45, 7) is 9.46. The van der Waals surface area contributed by atoms with Crippen LogP contribution in [-0.4, -0.2) is 47.8 Å². The molecule has 0 amide bonds. The van der Waals surface area contributed by atoms with Crippen molar-refractivity contribution in [1.82, 2.24) is 15.3 Å². The van der Waals surface area contributed by atoms with Gasteiger partial charge in [-0.3, -0.25) is 0 Å². The second-order valence-electron chi connectivity index (χ2n) is 11.3. The highest BCUT2D eigenvalue weighted by molar-refractivity contribution is 7.80. The van der Waals surface area contributed by atoms with Crippen molar-refractivity contribution in [3.8, 4) is 0 Å². The van der Waals surface area contributed by atoms with Gasteiger partial charge in [-0.1, -0.05) is 38.8 Å². The number of nitrogens with zero attached hydrogens (tertiary/aromatic N) is 4. The molecule has 0 radical (unpaired) electrons. The van der Waals surface area contributed by atoms with Crippen LogP contribution < -0.4 is 20.4 Å². The first-order chi connectivity index (χ1) is 17.4. The molecule has 2 aromatic rings. The minimum atomic E-state index is -0.194. The Bertz CT molecular complexity index is 1040. The average Bonchev–Trinajstić information content (AvgIpc) is 3.56. The van der Waals surface area contributed by atoms with Gasteiger partial charge in [0, 0.05) is 44.2 Å². The molecule has 3 heterocycles. The standard InChI is InChI=1S/C28H39FN6S/c1-20-15-21(2)18-35(17-20)25-16-24(34-13-5-6-14-34)31-26(32-25)33-27(36)30-19-28(11-3-4-12-28)22-7-9-23(29)10-8-22/h7-10,16,20-21H,3-6,11-15,17-19H2,1-2H3,(H2,30,31,32,33,36)/t20-,21-/m0/s1. The van der Waals surface area contributed by atoms with Crippen LogP contribution in [-0.2, 0) is 5.41 Å². The van der Waals surface area contributed by atoms with E-state index in [1.807, 2.05) is 12.1 Å². The van der Waals surface area contributed by atoms with E-state index in [-0.39, 0.29) is 11.2 Å². The van der Waals surface area contributed by atoms with Gasteiger partial charge >= 0.3 is 0 Å². The van der Waals surface area contributed by atoms with Crippen molar-refractivity contribution in [2.75, 3.05) is 47.8 Å². The lowest BCUT2D eigenvalue weighted by Gasteiger charge is -2.36. The number of aromatic nitrogens is 2. The van der Waals surface area contributed by atoms with E-state index in [2.05, 4.69) is 40.3 Å². The highest BCUT2D eigenvalue weighted by atomic mass is 32.1. The zero-order valence-electron chi connectivity index (χ0n) is 21.6. The molecule has 0 spiro atoms. The summed E-state index contributed by atoms with van der Waals surface area (Å²) in [5, 5.41) is 7.28. The largest absolute Gasteiger partial charge is 0.361 e. The quantitative estimate of drug-likeness (QED) is 0.498. The van der Waals surface area contributed by atoms with Gasteiger partial charge in [0.05, 0.1) is 0 Å². The maximum absolute atomic E-state index is 13.5. The fourth-order valence-corrected chi connectivity index (χ4v) is 6.58. The number of hydrogen-bond donors (Lipinski definition) is 2. The smallest absolute Gasteiger partial charge is 0.232 e. The minimum Gasteiger partial charge on any atom is -0.361 e. The number of benzene rings is 1. The third-order valence-corrected chi connectivity index (χ3v) is 8.40. The van der Waals surface area contributed by atoms with E-state index in [4.69, 9.17) is 22.2 Å². The summed E-state index contributed by atoms with van der Waals surface area (Å²) in [4.78, 5) is 14.5. The van der Waals surface area contributed by atoms with Gasteiger partial charge in [0.15, 0.2) is 5.11 Å². The minimum absolute atomic E-state index is 0.0249. The lowest BCUT2D eigenvalue weighted by Crippen LogP contribution is -2.41. The molecule has 2 atom stereocenters. The van der Waals surface area contributed by atoms with Crippen LogP contribution in [0.5, 0.6) is 0 Å². The van der Waals surface area contributed by atoms with E-state index in [1.165, 1.54) is 37.7 Å². The Hall–Kier alpha value is -2.48. The van der Waals surface area contributed by atoms with Gasteiger partial charge in [0.1, 0.15) is 17.5 Å². The van der Waals surface area contributed by atoms with Crippen LogP contribution in [0.1, 0.15) is 64.4 Å². The molecule has 6 nitrogen and oxygen atoms in total. The van der Waals surface area contributed by atoms with Gasteiger partial charge in [-0.15, -0.1) is 0 Å². The van der Waals surface area contributed by atoms with Crippen molar-refractivity contribution in [2.45, 2.75) is 64.2 Å². The van der Waals surface area contributed by atoms with Crippen LogP contribution in [0.3, 0.4) is 0 Å². The zero-order valence-corrected chi connectivity index (χ0v) is 22.4. The second kappa shape index (κ2) is 10.9. The molecule has 5 rings (SSSR count). The maximum atomic E-state index is 13.5. The lowest BCUT2D eigenvalue weighted by molar-refractivity contribution is 0.355. The summed E-state index contributed by atoms with van der Waals surface area (Å²) >= 11 is 5.72. The predicted molar refractivity (Wildman–Crippen MR) is 149 cm³/mol. The van der Waals surface area contributed by atoms with Crippen LogP contribution in [0.2, 0.25) is 0 Å². The van der Waals surface area contributed by atoms with Gasteiger partial charge in [0.2, 0.25) is 5.95 Å². The number of anilines is 3. The molecule has 36 heavy (non-hydrogen) atoms. The molecule has 1 aromatic carbocycles. The topological polar surface area (TPSA) is 56.3 Å². The van der Waals surface area contributed by atoms with Crippen molar-refractivity contribution in [3.63, 3.8) is 0 Å². The molecule has 3 aliphatic rings. The second-order valence-corrected chi connectivity index (χ2v) is 11.7. The molecule has 1 saturated carbocycles. The summed E-state index contributed by atoms with van der Waals surface area (Å²) in [7, 11) is 0. The highest BCUT2D eigenvalue weighted by Crippen LogP contribution is 2.40. The van der Waals surface area contributed by atoms with Crippen molar-refractivity contribution in [1.29, 1.82) is 0 Å². The molecule has 2 N–H and O–H groups in total. The van der Waals surface area contributed by atoms with Gasteiger partial charge in [-0.25, -0.2) is 4.39 Å². The molecule has 1 aromatic heterocycles. The van der Waals surface area contributed by atoms with Crippen LogP contribution in [0.4, 0.5) is 22.0 Å². The Morgan fingerprint density at radius 2 is 1.58 bits per heavy atom. The number of hydrogen-bond acceptors (Lipinski definition) is 5. The van der Waals surface area contributed by atoms with E-state index in [0.29, 0.717) is 29.4 Å². The fraction of sp³-hybridized carbons (Fsp3) is 0.607. The van der Waals surface area contributed by atoms with E-state index in [0.717, 1.165) is 50.7 Å². The summed E-state index contributed by atoms with van der Waals surface area (Å²) in [5.74, 6) is 3.61. The molecule has 0 bridgehead atoms. The van der Waals surface area contributed by atoms with Crippen molar-refractivity contribution in [3.05, 3.63) is 41.7 Å². The molecular formula is C28H39FN6S. The van der Waals surface area contributed by atoms with Crippen LogP contribution in [0.25, 0.3) is 0 Å². The van der Waals surface area contributed by atoms with Gasteiger partial charge in [-0.2, -0.15) is 9.97 Å². The predicted octanol–water partition coefficient (Wildman–Crippen LogP) is 5.50. The molecule has 1 aliphatic carbocycles. The van der Waals surface area contributed by atoms with Crippen LogP contribution >= 0.6 is 12.2 Å². The van der Waals surface area contributed by atoms with E-state index < -0.39 is 0 Å². The van der Waals surface area contributed by atoms with E-state index in [9.17, 15) is 4.39 Å². The molecule has 2 aliphatic heterocycles. The molecule has 2 saturated heterocycles. The molecule has 3 fully saturated rings. The van der Waals surface area contributed by atoms with Crippen molar-refractivity contribution < 1.29 is 4.39 Å². The Labute approximate surface area is 220 Å². The number of piperidine rings is 1. The number of halogens is 1. The summed E-state index contributed by atoms with van der Waals surface area (Å²) in [5.41, 5.74) is 1.16. The molecule has 8 heteroatoms. The Balaban J connectivity index is 1.32. The third-order valence-electron chi connectivity index (χ3n) is 8.15. The lowest BCUT2D eigenvalue weighted by atomic mass is 9.79. The molecular weight excluding hydrogens is 471 g/mol. The van der Waals surface area contributed by atoms with Gasteiger partial charge in [0.25, 0.3) is 0 Å². The van der Waals surface area contributed by atoms with Crippen molar-refractivity contribution >= 4 is 34.9 Å². The van der Waals surface area contributed by atoms with E-state index >= 15 is 0 Å². The average molecular weight is 511 g/mol. The molecule has 0 unspecified atom stereocenters. The number of nitrogens with one attached hydrogen (secondary N) is 2. The summed E-state index contributed by atoms with van der Waals surface area (Å²) < 4.78 is 13.5. The first kappa shape index (κ1) is 25.2. The zero-order chi connectivity index (χ0) is 25.1. The monoisotopic (exact) mass is 510 g/mol.